The number of rotatable bonds is 13. The molecule has 4 aromatic carbocycles. The first-order chi connectivity index (χ1) is 20.1. The first-order valence-electron chi connectivity index (χ1n) is 13.5. The molecule has 0 amide bonds. The maximum Gasteiger partial charge on any atom is 0.390 e. The predicted molar refractivity (Wildman–Crippen MR) is 159 cm³/mol. The number of alkyl halides is 2. The lowest BCUT2D eigenvalue weighted by molar-refractivity contribution is -0.145. The molecule has 0 aromatic heterocycles. The van der Waals surface area contributed by atoms with Crippen LogP contribution in [-0.2, 0) is 24.5 Å². The van der Waals surface area contributed by atoms with E-state index in [2.05, 4.69) is 11.7 Å². The molecule has 10 heteroatoms. The largest absolute Gasteiger partial charge is 0.465 e. The van der Waals surface area contributed by atoms with E-state index in [1.165, 1.54) is 37.3 Å². The van der Waals surface area contributed by atoms with Gasteiger partial charge in [0.25, 0.3) is 0 Å². The van der Waals surface area contributed by atoms with E-state index in [1.54, 1.807) is 42.5 Å². The molecule has 0 fully saturated rings. The number of benzene rings is 4. The van der Waals surface area contributed by atoms with Crippen molar-refractivity contribution >= 4 is 41.0 Å². The third kappa shape index (κ3) is 6.69. The second kappa shape index (κ2) is 13.3. The van der Waals surface area contributed by atoms with Crippen molar-refractivity contribution in [1.82, 2.24) is 5.09 Å². The minimum atomic E-state index is -5.23. The Morgan fingerprint density at radius 2 is 1.71 bits per heavy atom. The van der Waals surface area contributed by atoms with E-state index in [-0.39, 0.29) is 24.5 Å². The standard InChI is InChI=1S/C32H32F2NO6P/c1-4-6-19-40-30(36)22(3)35-42(38,41-29-13-9-11-24-10-7-8-12-28(24)29)32(33,34)27-17-16-23-14-15-25(20-26(23)21-27)31(37)39-18-5-2/h5,7-17,20-22H,2,4,6,18-19H2,1,3H3,(H,35,38)/t22-,42?/m0/s1. The number of halogens is 2. The van der Waals surface area contributed by atoms with Gasteiger partial charge in [0.05, 0.1) is 12.2 Å². The van der Waals surface area contributed by atoms with Crippen molar-refractivity contribution in [2.24, 2.45) is 0 Å². The van der Waals surface area contributed by atoms with Gasteiger partial charge in [0.2, 0.25) is 0 Å². The maximum atomic E-state index is 16.5. The van der Waals surface area contributed by atoms with E-state index in [0.29, 0.717) is 28.0 Å². The summed E-state index contributed by atoms with van der Waals surface area (Å²) in [6.07, 6.45) is 2.78. The molecule has 0 aliphatic rings. The zero-order valence-corrected chi connectivity index (χ0v) is 24.2. The van der Waals surface area contributed by atoms with Gasteiger partial charge >= 0.3 is 25.1 Å². The smallest absolute Gasteiger partial charge is 0.390 e. The van der Waals surface area contributed by atoms with E-state index in [1.807, 2.05) is 6.92 Å². The number of fused-ring (bicyclic) bond motifs is 2. The highest BCUT2D eigenvalue weighted by molar-refractivity contribution is 7.58. The number of unbranched alkanes of at least 4 members (excludes halogenated alkanes) is 1. The van der Waals surface area contributed by atoms with Crippen molar-refractivity contribution in [3.8, 4) is 5.75 Å². The minimum absolute atomic E-state index is 0.00555. The van der Waals surface area contributed by atoms with E-state index in [9.17, 15) is 14.2 Å². The molecular weight excluding hydrogens is 563 g/mol. The van der Waals surface area contributed by atoms with Crippen LogP contribution in [0.4, 0.5) is 8.78 Å². The summed E-state index contributed by atoms with van der Waals surface area (Å²) in [5.41, 5.74) is -4.59. The Bertz CT molecular complexity index is 1650. The highest BCUT2D eigenvalue weighted by Crippen LogP contribution is 2.63. The summed E-state index contributed by atoms with van der Waals surface area (Å²) in [5, 5.41) is 4.33. The highest BCUT2D eigenvalue weighted by Gasteiger charge is 2.56. The second-order valence-corrected chi connectivity index (χ2v) is 11.8. The van der Waals surface area contributed by atoms with Crippen LogP contribution in [0.1, 0.15) is 42.6 Å². The van der Waals surface area contributed by atoms with E-state index in [0.717, 1.165) is 18.6 Å². The van der Waals surface area contributed by atoms with Gasteiger partial charge in [-0.3, -0.25) is 9.36 Å². The average Bonchev–Trinajstić information content (AvgIpc) is 2.99. The molecule has 0 aliphatic heterocycles. The molecule has 2 atom stereocenters. The summed E-state index contributed by atoms with van der Waals surface area (Å²) in [7, 11) is -5.23. The lowest BCUT2D eigenvalue weighted by Crippen LogP contribution is -2.39. The monoisotopic (exact) mass is 595 g/mol. The molecule has 0 saturated carbocycles. The van der Waals surface area contributed by atoms with Gasteiger partial charge in [-0.05, 0) is 53.8 Å². The Kier molecular flexibility index (Phi) is 9.76. The Labute approximate surface area is 243 Å². The summed E-state index contributed by atoms with van der Waals surface area (Å²) < 4.78 is 63.2. The van der Waals surface area contributed by atoms with Gasteiger partial charge in [0, 0.05) is 10.9 Å². The summed E-state index contributed by atoms with van der Waals surface area (Å²) in [5.74, 6) is -1.51. The molecule has 0 spiro atoms. The van der Waals surface area contributed by atoms with E-state index in [4.69, 9.17) is 14.0 Å². The predicted octanol–water partition coefficient (Wildman–Crippen LogP) is 7.98. The normalized spacial score (nSPS) is 13.7. The van der Waals surface area contributed by atoms with Gasteiger partial charge in [-0.15, -0.1) is 0 Å². The molecular formula is C32H32F2NO6P. The molecule has 7 nitrogen and oxygen atoms in total. The second-order valence-electron chi connectivity index (χ2n) is 9.70. The van der Waals surface area contributed by atoms with Crippen LogP contribution in [0.3, 0.4) is 0 Å². The third-order valence-electron chi connectivity index (χ3n) is 6.56. The lowest BCUT2D eigenvalue weighted by atomic mass is 10.0. The lowest BCUT2D eigenvalue weighted by Gasteiger charge is -2.30. The number of esters is 2. The molecule has 4 rings (SSSR count). The Hall–Kier alpha value is -4.07. The molecule has 0 heterocycles. The molecule has 0 aliphatic carbocycles. The van der Waals surface area contributed by atoms with Gasteiger partial charge in [-0.1, -0.05) is 80.6 Å². The molecule has 0 saturated heterocycles. The van der Waals surface area contributed by atoms with Crippen LogP contribution < -0.4 is 9.61 Å². The van der Waals surface area contributed by atoms with Crippen LogP contribution in [-0.4, -0.2) is 31.2 Å². The fourth-order valence-corrected chi connectivity index (χ4v) is 6.14. The first kappa shape index (κ1) is 30.9. The van der Waals surface area contributed by atoms with Crippen molar-refractivity contribution in [2.75, 3.05) is 13.2 Å². The molecule has 1 N–H and O–H groups in total. The molecule has 0 radical (unpaired) electrons. The molecule has 220 valence electrons. The van der Waals surface area contributed by atoms with Crippen LogP contribution in [0, 0.1) is 0 Å². The number of ether oxygens (including phenoxy) is 2. The zero-order chi connectivity index (χ0) is 30.3. The molecule has 1 unspecified atom stereocenters. The van der Waals surface area contributed by atoms with Crippen LogP contribution in [0.15, 0.2) is 91.5 Å². The van der Waals surface area contributed by atoms with Crippen LogP contribution in [0.25, 0.3) is 21.5 Å². The van der Waals surface area contributed by atoms with Crippen molar-refractivity contribution in [1.29, 1.82) is 0 Å². The topological polar surface area (TPSA) is 90.9 Å². The molecule has 0 bridgehead atoms. The van der Waals surface area contributed by atoms with Crippen LogP contribution in [0.5, 0.6) is 5.75 Å². The Morgan fingerprint density at radius 1 is 0.976 bits per heavy atom. The first-order valence-corrected chi connectivity index (χ1v) is 15.1. The quantitative estimate of drug-likeness (QED) is 0.0725. The maximum absolute atomic E-state index is 16.5. The SMILES string of the molecule is C=CCOC(=O)c1ccc2ccc(C(F)(F)P(=O)(N[C@@H](C)C(=O)OCCCC)Oc3cccc4ccccc34)cc2c1. The van der Waals surface area contributed by atoms with E-state index >= 15 is 8.78 Å². The Morgan fingerprint density at radius 3 is 2.48 bits per heavy atom. The van der Waals surface area contributed by atoms with Crippen molar-refractivity contribution in [3.05, 3.63) is 103 Å². The van der Waals surface area contributed by atoms with Crippen molar-refractivity contribution < 1.29 is 36.9 Å². The summed E-state index contributed by atoms with van der Waals surface area (Å²) in [6, 6.07) is 18.6. The summed E-state index contributed by atoms with van der Waals surface area (Å²) in [6.45, 7) is 6.81. The number of nitrogens with one attached hydrogen (secondary N) is 1. The molecule has 42 heavy (non-hydrogen) atoms. The number of hydrogen-bond acceptors (Lipinski definition) is 6. The van der Waals surface area contributed by atoms with E-state index < -0.39 is 36.7 Å². The van der Waals surface area contributed by atoms with Gasteiger partial charge in [-0.25, -0.2) is 9.88 Å². The number of hydrogen-bond donors (Lipinski definition) is 1. The highest BCUT2D eigenvalue weighted by atomic mass is 31.2. The van der Waals surface area contributed by atoms with Gasteiger partial charge in [0.1, 0.15) is 18.4 Å². The van der Waals surface area contributed by atoms with Crippen LogP contribution in [0.2, 0.25) is 0 Å². The van der Waals surface area contributed by atoms with Gasteiger partial charge in [0.15, 0.2) is 0 Å². The average molecular weight is 596 g/mol. The summed E-state index contributed by atoms with van der Waals surface area (Å²) in [4.78, 5) is 25.0. The molecule has 4 aromatic rings. The third-order valence-corrected chi connectivity index (χ3v) is 8.74. The fourth-order valence-electron chi connectivity index (χ4n) is 4.28. The van der Waals surface area contributed by atoms with Crippen molar-refractivity contribution in [2.45, 2.75) is 38.4 Å². The number of carbonyl (C=O) groups excluding carboxylic acids is 2. The summed E-state index contributed by atoms with van der Waals surface area (Å²) >= 11 is 0. The zero-order valence-electron chi connectivity index (χ0n) is 23.3. The number of carbonyl (C=O) groups is 2. The van der Waals surface area contributed by atoms with Gasteiger partial charge in [-0.2, -0.15) is 8.78 Å². The van der Waals surface area contributed by atoms with Gasteiger partial charge < -0.3 is 14.0 Å². The Balaban J connectivity index is 1.76. The minimum Gasteiger partial charge on any atom is -0.465 e. The van der Waals surface area contributed by atoms with Crippen molar-refractivity contribution in [3.63, 3.8) is 0 Å². The van der Waals surface area contributed by atoms with Crippen LogP contribution >= 0.6 is 7.52 Å². The fraction of sp³-hybridized carbons (Fsp3) is 0.250.